The van der Waals surface area contributed by atoms with Gasteiger partial charge in [0.2, 0.25) is 0 Å². The zero-order valence-corrected chi connectivity index (χ0v) is 13.6. The van der Waals surface area contributed by atoms with Gasteiger partial charge >= 0.3 is 0 Å². The Morgan fingerprint density at radius 1 is 1.14 bits per heavy atom. The molecule has 0 amide bonds. The Hall–Kier alpha value is -0.860. The minimum absolute atomic E-state index is 0.624. The van der Waals surface area contributed by atoms with Gasteiger partial charge in [-0.05, 0) is 36.3 Å². The van der Waals surface area contributed by atoms with Crippen molar-refractivity contribution in [2.45, 2.75) is 64.6 Å². The van der Waals surface area contributed by atoms with Crippen LogP contribution in [0.25, 0.3) is 0 Å². The van der Waals surface area contributed by atoms with Gasteiger partial charge in [0.25, 0.3) is 0 Å². The van der Waals surface area contributed by atoms with Crippen molar-refractivity contribution in [1.29, 1.82) is 0 Å². The van der Waals surface area contributed by atoms with E-state index in [4.69, 9.17) is 0 Å². The third-order valence-electron chi connectivity index (χ3n) is 5.06. The molecule has 1 fully saturated rings. The van der Waals surface area contributed by atoms with E-state index in [1.54, 1.807) is 5.56 Å². The van der Waals surface area contributed by atoms with Gasteiger partial charge in [-0.25, -0.2) is 0 Å². The molecule has 1 N–H and O–H groups in total. The highest BCUT2D eigenvalue weighted by molar-refractivity contribution is 5.30. The summed E-state index contributed by atoms with van der Waals surface area (Å²) < 4.78 is 0. The highest BCUT2D eigenvalue weighted by atomic mass is 15.2. The molecule has 1 aliphatic heterocycles. The number of nitrogens with zero attached hydrogens (tertiary/aromatic N) is 1. The lowest BCUT2D eigenvalue weighted by molar-refractivity contribution is 0.156. The third kappa shape index (κ3) is 3.87. The molecule has 116 valence electrons. The summed E-state index contributed by atoms with van der Waals surface area (Å²) in [4.78, 5) is 2.78. The molecule has 3 rings (SSSR count). The molecule has 1 atom stereocenters. The van der Waals surface area contributed by atoms with Crippen molar-refractivity contribution in [2.75, 3.05) is 13.1 Å². The largest absolute Gasteiger partial charge is 0.308 e. The predicted molar refractivity (Wildman–Crippen MR) is 89.4 cm³/mol. The molecule has 2 aliphatic rings. The van der Waals surface area contributed by atoms with Crippen molar-refractivity contribution < 1.29 is 0 Å². The lowest BCUT2D eigenvalue weighted by Gasteiger charge is -2.36. The van der Waals surface area contributed by atoms with E-state index in [1.165, 1.54) is 50.8 Å². The highest BCUT2D eigenvalue weighted by Crippen LogP contribution is 2.25. The number of rotatable bonds is 5. The van der Waals surface area contributed by atoms with Crippen LogP contribution >= 0.6 is 0 Å². The summed E-state index contributed by atoms with van der Waals surface area (Å²) in [6.07, 6.45) is 6.88. The highest BCUT2D eigenvalue weighted by Gasteiger charge is 2.27. The van der Waals surface area contributed by atoms with E-state index in [2.05, 4.69) is 48.3 Å². The van der Waals surface area contributed by atoms with Gasteiger partial charge in [-0.1, -0.05) is 51.0 Å². The first-order valence-electron chi connectivity index (χ1n) is 8.76. The molecule has 21 heavy (non-hydrogen) atoms. The second kappa shape index (κ2) is 6.93. The SMILES string of the molecule is CC(C)CN(CC1Cc2ccccc2CN1)C1CCCC1. The molecule has 0 radical (unpaired) electrons. The summed E-state index contributed by atoms with van der Waals surface area (Å²) in [6.45, 7) is 8.22. The van der Waals surface area contributed by atoms with Gasteiger partial charge in [0.1, 0.15) is 0 Å². The summed E-state index contributed by atoms with van der Waals surface area (Å²) >= 11 is 0. The normalized spacial score (nSPS) is 23.0. The fourth-order valence-electron chi connectivity index (χ4n) is 4.04. The minimum Gasteiger partial charge on any atom is -0.308 e. The molecule has 1 aromatic carbocycles. The number of hydrogen-bond acceptors (Lipinski definition) is 2. The molecule has 0 aromatic heterocycles. The van der Waals surface area contributed by atoms with Crippen LogP contribution in [0.5, 0.6) is 0 Å². The van der Waals surface area contributed by atoms with Crippen LogP contribution in [0, 0.1) is 5.92 Å². The molecule has 0 saturated heterocycles. The van der Waals surface area contributed by atoms with E-state index < -0.39 is 0 Å². The van der Waals surface area contributed by atoms with E-state index in [0.717, 1.165) is 18.5 Å². The van der Waals surface area contributed by atoms with Crippen molar-refractivity contribution in [2.24, 2.45) is 5.92 Å². The molecule has 0 bridgehead atoms. The fraction of sp³-hybridized carbons (Fsp3) is 0.684. The zero-order chi connectivity index (χ0) is 14.7. The Kier molecular flexibility index (Phi) is 4.97. The molecule has 1 unspecified atom stereocenters. The van der Waals surface area contributed by atoms with Gasteiger partial charge in [0.05, 0.1) is 0 Å². The van der Waals surface area contributed by atoms with E-state index >= 15 is 0 Å². The van der Waals surface area contributed by atoms with Crippen LogP contribution in [-0.2, 0) is 13.0 Å². The van der Waals surface area contributed by atoms with Crippen LogP contribution in [0.2, 0.25) is 0 Å². The van der Waals surface area contributed by atoms with E-state index in [1.807, 2.05) is 0 Å². The fourth-order valence-corrected chi connectivity index (χ4v) is 4.04. The van der Waals surface area contributed by atoms with Crippen LogP contribution in [0.4, 0.5) is 0 Å². The molecule has 1 aliphatic carbocycles. The van der Waals surface area contributed by atoms with E-state index in [9.17, 15) is 0 Å². The van der Waals surface area contributed by atoms with Crippen molar-refractivity contribution in [1.82, 2.24) is 10.2 Å². The number of hydrogen-bond donors (Lipinski definition) is 1. The first kappa shape index (κ1) is 15.1. The second-order valence-corrected chi connectivity index (χ2v) is 7.34. The van der Waals surface area contributed by atoms with E-state index in [-0.39, 0.29) is 0 Å². The third-order valence-corrected chi connectivity index (χ3v) is 5.06. The van der Waals surface area contributed by atoms with Crippen molar-refractivity contribution in [3.8, 4) is 0 Å². The Bertz CT molecular complexity index is 449. The summed E-state index contributed by atoms with van der Waals surface area (Å²) in [5.74, 6) is 0.765. The second-order valence-electron chi connectivity index (χ2n) is 7.34. The quantitative estimate of drug-likeness (QED) is 0.889. The van der Waals surface area contributed by atoms with Gasteiger partial charge in [-0.15, -0.1) is 0 Å². The molecular weight excluding hydrogens is 256 g/mol. The van der Waals surface area contributed by atoms with Crippen molar-refractivity contribution in [3.05, 3.63) is 35.4 Å². The van der Waals surface area contributed by atoms with Gasteiger partial charge in [0, 0.05) is 31.7 Å². The van der Waals surface area contributed by atoms with Gasteiger partial charge < -0.3 is 5.32 Å². The number of fused-ring (bicyclic) bond motifs is 1. The zero-order valence-electron chi connectivity index (χ0n) is 13.6. The molecule has 1 heterocycles. The predicted octanol–water partition coefficient (Wildman–Crippen LogP) is 3.60. The van der Waals surface area contributed by atoms with Crippen LogP contribution in [0.3, 0.4) is 0 Å². The monoisotopic (exact) mass is 286 g/mol. The Balaban J connectivity index is 1.63. The summed E-state index contributed by atoms with van der Waals surface area (Å²) in [6, 6.07) is 10.4. The molecule has 1 saturated carbocycles. The maximum atomic E-state index is 3.76. The summed E-state index contributed by atoms with van der Waals surface area (Å²) in [5, 5.41) is 3.76. The van der Waals surface area contributed by atoms with Crippen LogP contribution in [0.15, 0.2) is 24.3 Å². The molecule has 2 heteroatoms. The topological polar surface area (TPSA) is 15.3 Å². The Morgan fingerprint density at radius 3 is 2.57 bits per heavy atom. The smallest absolute Gasteiger partial charge is 0.0238 e. The van der Waals surface area contributed by atoms with Gasteiger partial charge in [-0.2, -0.15) is 0 Å². The van der Waals surface area contributed by atoms with Gasteiger partial charge in [0.15, 0.2) is 0 Å². The van der Waals surface area contributed by atoms with Crippen LogP contribution in [0.1, 0.15) is 50.7 Å². The van der Waals surface area contributed by atoms with Gasteiger partial charge in [-0.3, -0.25) is 4.90 Å². The van der Waals surface area contributed by atoms with Crippen LogP contribution < -0.4 is 5.32 Å². The molecule has 2 nitrogen and oxygen atoms in total. The molecule has 1 aromatic rings. The number of nitrogens with one attached hydrogen (secondary N) is 1. The number of benzene rings is 1. The maximum absolute atomic E-state index is 3.76. The Morgan fingerprint density at radius 2 is 1.86 bits per heavy atom. The summed E-state index contributed by atoms with van der Waals surface area (Å²) in [5.41, 5.74) is 3.04. The first-order chi connectivity index (χ1) is 10.2. The minimum atomic E-state index is 0.624. The molecule has 0 spiro atoms. The van der Waals surface area contributed by atoms with Crippen LogP contribution in [-0.4, -0.2) is 30.1 Å². The maximum Gasteiger partial charge on any atom is 0.0238 e. The van der Waals surface area contributed by atoms with Crippen molar-refractivity contribution >= 4 is 0 Å². The average Bonchev–Trinajstić information content (AvgIpc) is 3.00. The first-order valence-corrected chi connectivity index (χ1v) is 8.76. The summed E-state index contributed by atoms with van der Waals surface area (Å²) in [7, 11) is 0. The average molecular weight is 286 g/mol. The molecular formula is C19H30N2. The van der Waals surface area contributed by atoms with E-state index in [0.29, 0.717) is 6.04 Å². The standard InChI is InChI=1S/C19H30N2/c1-15(2)13-21(19-9-5-6-10-19)14-18-11-16-7-3-4-8-17(16)12-20-18/h3-4,7-8,15,18-20H,5-6,9-14H2,1-2H3. The Labute approximate surface area is 129 Å². The lowest BCUT2D eigenvalue weighted by Crippen LogP contribution is -2.48. The van der Waals surface area contributed by atoms with Crippen molar-refractivity contribution in [3.63, 3.8) is 0 Å². The lowest BCUT2D eigenvalue weighted by atomic mass is 9.95.